The van der Waals surface area contributed by atoms with Crippen molar-refractivity contribution in [3.63, 3.8) is 0 Å². The van der Waals surface area contributed by atoms with Gasteiger partial charge in [-0.05, 0) is 25.2 Å². The number of nitrogens with zero attached hydrogens (tertiary/aromatic N) is 3. The van der Waals surface area contributed by atoms with E-state index in [4.69, 9.17) is 10.3 Å². The second-order valence-electron chi connectivity index (χ2n) is 4.71. The molecule has 21 heavy (non-hydrogen) atoms. The molecule has 0 fully saturated rings. The summed E-state index contributed by atoms with van der Waals surface area (Å²) in [5, 5.41) is 3.79. The maximum absolute atomic E-state index is 13.2. The molecule has 114 valence electrons. The quantitative estimate of drug-likeness (QED) is 0.886. The first kappa shape index (κ1) is 15.5. The fourth-order valence-corrected chi connectivity index (χ4v) is 2.02. The van der Waals surface area contributed by atoms with Crippen molar-refractivity contribution in [3.8, 4) is 11.5 Å². The third-order valence-corrected chi connectivity index (χ3v) is 3.23. The van der Waals surface area contributed by atoms with E-state index in [9.17, 15) is 8.78 Å². The normalized spacial score (nSPS) is 12.9. The Hall–Kier alpha value is -1.86. The van der Waals surface area contributed by atoms with Gasteiger partial charge in [-0.1, -0.05) is 19.0 Å². The van der Waals surface area contributed by atoms with E-state index in [1.54, 1.807) is 0 Å². The Morgan fingerprint density at radius 2 is 1.81 bits per heavy atom. The van der Waals surface area contributed by atoms with Gasteiger partial charge < -0.3 is 15.2 Å². The molecule has 0 spiro atoms. The van der Waals surface area contributed by atoms with E-state index >= 15 is 0 Å². The molecular weight excluding hydrogens is 278 g/mol. The van der Waals surface area contributed by atoms with Crippen molar-refractivity contribution in [2.24, 2.45) is 5.73 Å². The molecule has 2 aromatic rings. The van der Waals surface area contributed by atoms with Gasteiger partial charge in [-0.3, -0.25) is 0 Å². The Morgan fingerprint density at radius 3 is 2.38 bits per heavy atom. The number of hydrogen-bond donors (Lipinski definition) is 1. The molecule has 1 aromatic carbocycles. The first-order valence-electron chi connectivity index (χ1n) is 6.81. The van der Waals surface area contributed by atoms with Crippen LogP contribution in [-0.4, -0.2) is 34.7 Å². The molecule has 1 atom stereocenters. The predicted octanol–water partition coefficient (Wildman–Crippen LogP) is 2.36. The van der Waals surface area contributed by atoms with Gasteiger partial charge in [-0.15, -0.1) is 0 Å². The monoisotopic (exact) mass is 296 g/mol. The molecule has 1 heterocycles. The fraction of sp³-hybridized carbons (Fsp3) is 0.429. The lowest BCUT2D eigenvalue weighted by Gasteiger charge is -2.20. The molecule has 0 bridgehead atoms. The Balaban J connectivity index is 2.17. The zero-order valence-electron chi connectivity index (χ0n) is 12.0. The van der Waals surface area contributed by atoms with E-state index in [-0.39, 0.29) is 11.5 Å². The molecule has 0 aliphatic carbocycles. The van der Waals surface area contributed by atoms with Crippen LogP contribution < -0.4 is 5.73 Å². The maximum atomic E-state index is 13.2. The molecule has 0 radical (unpaired) electrons. The lowest BCUT2D eigenvalue weighted by Crippen LogP contribution is -2.32. The third-order valence-electron chi connectivity index (χ3n) is 3.23. The zero-order valence-corrected chi connectivity index (χ0v) is 12.0. The lowest BCUT2D eigenvalue weighted by atomic mass is 10.2. The lowest BCUT2D eigenvalue weighted by molar-refractivity contribution is 0.278. The molecule has 0 aliphatic heterocycles. The first-order chi connectivity index (χ1) is 10.0. The first-order valence-corrected chi connectivity index (χ1v) is 6.81. The second kappa shape index (κ2) is 6.73. The van der Waals surface area contributed by atoms with Crippen LogP contribution >= 0.6 is 0 Å². The number of benzene rings is 1. The third kappa shape index (κ3) is 3.83. The van der Waals surface area contributed by atoms with Crippen molar-refractivity contribution in [2.75, 3.05) is 19.6 Å². The van der Waals surface area contributed by atoms with Crippen LogP contribution in [0.1, 0.15) is 25.7 Å². The Morgan fingerprint density at radius 1 is 1.19 bits per heavy atom. The average Bonchev–Trinajstić information content (AvgIpc) is 2.93. The van der Waals surface area contributed by atoms with Crippen LogP contribution in [-0.2, 0) is 0 Å². The van der Waals surface area contributed by atoms with Crippen LogP contribution in [0, 0.1) is 11.6 Å². The van der Waals surface area contributed by atoms with Gasteiger partial charge in [0.05, 0.1) is 6.04 Å². The van der Waals surface area contributed by atoms with Crippen molar-refractivity contribution in [3.05, 3.63) is 35.7 Å². The van der Waals surface area contributed by atoms with Crippen LogP contribution in [0.4, 0.5) is 8.78 Å². The van der Waals surface area contributed by atoms with Gasteiger partial charge in [0.2, 0.25) is 0 Å². The minimum Gasteiger partial charge on any atom is -0.334 e. The summed E-state index contributed by atoms with van der Waals surface area (Å²) in [4.78, 5) is 6.25. The molecule has 2 rings (SSSR count). The summed E-state index contributed by atoms with van der Waals surface area (Å²) in [6, 6.07) is 2.64. The van der Waals surface area contributed by atoms with Crippen LogP contribution in [0.15, 0.2) is 22.7 Å². The molecule has 0 saturated heterocycles. The molecule has 1 aromatic heterocycles. The highest BCUT2D eigenvalue weighted by molar-refractivity contribution is 5.52. The Labute approximate surface area is 121 Å². The summed E-state index contributed by atoms with van der Waals surface area (Å²) in [6.45, 7) is 6.39. The van der Waals surface area contributed by atoms with Crippen molar-refractivity contribution in [2.45, 2.75) is 19.9 Å². The molecule has 0 aliphatic rings. The summed E-state index contributed by atoms with van der Waals surface area (Å²) < 4.78 is 31.4. The Bertz CT molecular complexity index is 578. The van der Waals surface area contributed by atoms with E-state index in [0.29, 0.717) is 12.4 Å². The van der Waals surface area contributed by atoms with E-state index in [0.717, 1.165) is 31.3 Å². The summed E-state index contributed by atoms with van der Waals surface area (Å²) in [6.07, 6.45) is 0. The van der Waals surface area contributed by atoms with Crippen molar-refractivity contribution in [1.29, 1.82) is 0 Å². The molecule has 0 saturated carbocycles. The van der Waals surface area contributed by atoms with Gasteiger partial charge in [0.25, 0.3) is 5.89 Å². The van der Waals surface area contributed by atoms with E-state index in [1.807, 2.05) is 13.8 Å². The topological polar surface area (TPSA) is 68.2 Å². The highest BCUT2D eigenvalue weighted by Crippen LogP contribution is 2.21. The van der Waals surface area contributed by atoms with Gasteiger partial charge in [0.1, 0.15) is 11.6 Å². The van der Waals surface area contributed by atoms with Crippen LogP contribution in [0.25, 0.3) is 11.5 Å². The van der Waals surface area contributed by atoms with Crippen LogP contribution in [0.3, 0.4) is 0 Å². The number of halogens is 2. The smallest absolute Gasteiger partial charge is 0.258 e. The zero-order chi connectivity index (χ0) is 15.4. The van der Waals surface area contributed by atoms with Crippen LogP contribution in [0.2, 0.25) is 0 Å². The van der Waals surface area contributed by atoms with E-state index in [1.165, 1.54) is 0 Å². The number of hydrogen-bond acceptors (Lipinski definition) is 5. The molecule has 0 amide bonds. The van der Waals surface area contributed by atoms with Crippen molar-refractivity contribution in [1.82, 2.24) is 15.0 Å². The van der Waals surface area contributed by atoms with Gasteiger partial charge in [-0.25, -0.2) is 8.78 Å². The summed E-state index contributed by atoms with van der Waals surface area (Å²) >= 11 is 0. The van der Waals surface area contributed by atoms with Crippen molar-refractivity contribution >= 4 is 0 Å². The number of aromatic nitrogens is 2. The highest BCUT2D eigenvalue weighted by atomic mass is 19.1. The number of rotatable bonds is 6. The molecule has 5 nitrogen and oxygen atoms in total. The molecule has 2 N–H and O–H groups in total. The minimum absolute atomic E-state index is 0.0541. The van der Waals surface area contributed by atoms with Crippen LogP contribution in [0.5, 0.6) is 0 Å². The largest absolute Gasteiger partial charge is 0.334 e. The summed E-state index contributed by atoms with van der Waals surface area (Å²) in [5.74, 6) is -1.02. The number of nitrogens with two attached hydrogens (primary N) is 1. The second-order valence-corrected chi connectivity index (χ2v) is 4.71. The number of likely N-dealkylation sites (N-methyl/N-ethyl adjacent to an activating group) is 1. The molecular formula is C14H18F2N4O. The molecule has 7 heteroatoms. The van der Waals surface area contributed by atoms with Gasteiger partial charge in [0.15, 0.2) is 5.82 Å². The molecule has 1 unspecified atom stereocenters. The van der Waals surface area contributed by atoms with Crippen molar-refractivity contribution < 1.29 is 13.3 Å². The van der Waals surface area contributed by atoms with E-state index < -0.39 is 17.7 Å². The maximum Gasteiger partial charge on any atom is 0.258 e. The minimum atomic E-state index is -0.697. The van der Waals surface area contributed by atoms with E-state index in [2.05, 4.69) is 15.0 Å². The summed E-state index contributed by atoms with van der Waals surface area (Å²) in [7, 11) is 0. The summed E-state index contributed by atoms with van der Waals surface area (Å²) in [5.41, 5.74) is 6.22. The Kier molecular flexibility index (Phi) is 4.98. The highest BCUT2D eigenvalue weighted by Gasteiger charge is 2.18. The van der Waals surface area contributed by atoms with Gasteiger partial charge in [0, 0.05) is 18.2 Å². The average molecular weight is 296 g/mol. The standard InChI is InChI=1S/C14H18F2N4O/c1-3-20(4-2)8-12(17)13-18-14(21-19-13)9-5-10(15)7-11(16)6-9/h5-7,12H,3-4,8,17H2,1-2H3. The predicted molar refractivity (Wildman–Crippen MR) is 74.4 cm³/mol. The SMILES string of the molecule is CCN(CC)CC(N)c1noc(-c2cc(F)cc(F)c2)n1. The van der Waals surface area contributed by atoms with Gasteiger partial charge in [-0.2, -0.15) is 4.98 Å². The fourth-order valence-electron chi connectivity index (χ4n) is 2.02. The van der Waals surface area contributed by atoms with Gasteiger partial charge >= 0.3 is 0 Å².